The van der Waals surface area contributed by atoms with Crippen LogP contribution in [-0.4, -0.2) is 57.2 Å². The predicted molar refractivity (Wildman–Crippen MR) is 126 cm³/mol. The molecular weight excluding hydrogens is 442 g/mol. The predicted octanol–water partition coefficient (Wildman–Crippen LogP) is 2.63. The molecule has 176 valence electrons. The van der Waals surface area contributed by atoms with Gasteiger partial charge in [0.15, 0.2) is 5.82 Å². The summed E-state index contributed by atoms with van der Waals surface area (Å²) in [7, 11) is 0. The van der Waals surface area contributed by atoms with Crippen LogP contribution in [0.1, 0.15) is 37.9 Å². The van der Waals surface area contributed by atoms with E-state index in [1.807, 2.05) is 38.1 Å². The minimum atomic E-state index is -1.14. The molecule has 3 aliphatic rings. The van der Waals surface area contributed by atoms with Crippen molar-refractivity contribution in [3.63, 3.8) is 0 Å². The molecule has 2 atom stereocenters. The standard InChI is InChI=1S/C23H29N5O4S/c1-14(2)18(13-29)24-20-19-17(7-12-33(19)31)25-21(27-20)28-10-8-23(9-11-28)15-5-3-4-6-16(15)26-22(30)32-23/h3-6,14,18,29H,7-13H2,1-2H3,(H,26,30)(H,24,25,27)/t18-,33?/m0/s1. The molecule has 33 heavy (non-hydrogen) atoms. The van der Waals surface area contributed by atoms with E-state index in [2.05, 4.69) is 15.5 Å². The van der Waals surface area contributed by atoms with Gasteiger partial charge in [-0.3, -0.25) is 5.32 Å². The lowest BCUT2D eigenvalue weighted by Crippen LogP contribution is -2.48. The zero-order valence-corrected chi connectivity index (χ0v) is 19.7. The van der Waals surface area contributed by atoms with Gasteiger partial charge in [-0.1, -0.05) is 32.0 Å². The van der Waals surface area contributed by atoms with Crippen LogP contribution in [0, 0.1) is 5.92 Å². The minimum Gasteiger partial charge on any atom is -0.611 e. The van der Waals surface area contributed by atoms with Crippen molar-refractivity contribution in [3.05, 3.63) is 35.5 Å². The number of aliphatic hydroxyl groups excluding tert-OH is 1. The Labute approximate surface area is 196 Å². The number of anilines is 3. The molecular formula is C23H29N5O4S. The van der Waals surface area contributed by atoms with Gasteiger partial charge in [0.2, 0.25) is 10.8 Å². The Morgan fingerprint density at radius 3 is 2.79 bits per heavy atom. The van der Waals surface area contributed by atoms with Crippen LogP contribution in [-0.2, 0) is 27.9 Å². The van der Waals surface area contributed by atoms with Gasteiger partial charge in [-0.05, 0) is 23.2 Å². The third kappa shape index (κ3) is 4.00. The summed E-state index contributed by atoms with van der Waals surface area (Å²) in [6.07, 6.45) is 1.47. The van der Waals surface area contributed by atoms with Gasteiger partial charge < -0.3 is 24.6 Å². The Bertz CT molecular complexity index is 1060. The molecule has 1 saturated heterocycles. The fourth-order valence-corrected chi connectivity index (χ4v) is 6.13. The number of hydrogen-bond acceptors (Lipinski definition) is 8. The highest BCUT2D eigenvalue weighted by Gasteiger charge is 2.45. The Balaban J connectivity index is 1.42. The summed E-state index contributed by atoms with van der Waals surface area (Å²) in [6, 6.07) is 7.58. The van der Waals surface area contributed by atoms with E-state index < -0.39 is 22.9 Å². The summed E-state index contributed by atoms with van der Waals surface area (Å²) in [5, 5.41) is 15.9. The van der Waals surface area contributed by atoms with Crippen LogP contribution in [0.3, 0.4) is 0 Å². The lowest BCUT2D eigenvalue weighted by Gasteiger charge is -2.44. The van der Waals surface area contributed by atoms with Crippen LogP contribution in [0.15, 0.2) is 29.2 Å². The fourth-order valence-electron chi connectivity index (χ4n) is 4.82. The molecule has 1 aromatic carbocycles. The number of piperidine rings is 1. The van der Waals surface area contributed by atoms with Gasteiger partial charge in [-0.25, -0.2) is 9.78 Å². The summed E-state index contributed by atoms with van der Waals surface area (Å²) < 4.78 is 18.5. The number of aromatic nitrogens is 2. The van der Waals surface area contributed by atoms with E-state index in [1.54, 1.807) is 0 Å². The van der Waals surface area contributed by atoms with Gasteiger partial charge in [0, 0.05) is 37.9 Å². The van der Waals surface area contributed by atoms with E-state index in [4.69, 9.17) is 14.7 Å². The number of nitrogens with one attached hydrogen (secondary N) is 2. The van der Waals surface area contributed by atoms with Crippen molar-refractivity contribution in [2.24, 2.45) is 5.92 Å². The number of rotatable bonds is 5. The number of nitrogens with zero attached hydrogens (tertiary/aromatic N) is 3. The molecule has 4 heterocycles. The third-order valence-corrected chi connectivity index (χ3v) is 8.26. The Kier molecular flexibility index (Phi) is 5.84. The summed E-state index contributed by atoms with van der Waals surface area (Å²) in [5.74, 6) is 1.86. The van der Waals surface area contributed by atoms with E-state index in [-0.39, 0.29) is 18.6 Å². The van der Waals surface area contributed by atoms with Gasteiger partial charge in [-0.2, -0.15) is 4.98 Å². The molecule has 0 saturated carbocycles. The zero-order valence-electron chi connectivity index (χ0n) is 18.8. The molecule has 1 aromatic heterocycles. The van der Waals surface area contributed by atoms with Crippen molar-refractivity contribution in [1.82, 2.24) is 9.97 Å². The van der Waals surface area contributed by atoms with Crippen LogP contribution < -0.4 is 15.5 Å². The highest BCUT2D eigenvalue weighted by atomic mass is 32.2. The number of hydrogen-bond donors (Lipinski definition) is 3. The summed E-state index contributed by atoms with van der Waals surface area (Å²) in [5.41, 5.74) is 1.95. The molecule has 1 unspecified atom stereocenters. The molecule has 3 N–H and O–H groups in total. The molecule has 9 nitrogen and oxygen atoms in total. The number of benzene rings is 1. The molecule has 1 fully saturated rings. The second kappa shape index (κ2) is 8.66. The monoisotopic (exact) mass is 471 g/mol. The second-order valence-corrected chi connectivity index (χ2v) is 10.7. The van der Waals surface area contributed by atoms with Crippen molar-refractivity contribution in [2.45, 2.75) is 49.6 Å². The first-order valence-electron chi connectivity index (χ1n) is 11.4. The van der Waals surface area contributed by atoms with Crippen LogP contribution in [0.5, 0.6) is 0 Å². The minimum absolute atomic E-state index is 0.0382. The average molecular weight is 472 g/mol. The molecule has 2 aromatic rings. The Morgan fingerprint density at radius 1 is 1.30 bits per heavy atom. The van der Waals surface area contributed by atoms with Crippen LogP contribution in [0.4, 0.5) is 22.2 Å². The van der Waals surface area contributed by atoms with Crippen molar-refractivity contribution in [3.8, 4) is 0 Å². The van der Waals surface area contributed by atoms with Crippen molar-refractivity contribution >= 4 is 34.7 Å². The highest BCUT2D eigenvalue weighted by Crippen LogP contribution is 2.44. The average Bonchev–Trinajstić information content (AvgIpc) is 3.18. The fraction of sp³-hybridized carbons (Fsp3) is 0.522. The third-order valence-electron chi connectivity index (χ3n) is 6.80. The SMILES string of the molecule is CC(C)[C@H](CO)Nc1nc(N2CCC3(CC2)OC(=O)Nc2ccccc23)nc2c1[S+]([O-])CC2. The summed E-state index contributed by atoms with van der Waals surface area (Å²) in [4.78, 5) is 24.5. The molecule has 0 aliphatic carbocycles. The van der Waals surface area contributed by atoms with Crippen LogP contribution in [0.2, 0.25) is 0 Å². The first kappa shape index (κ1) is 22.2. The van der Waals surface area contributed by atoms with Crippen molar-refractivity contribution < 1.29 is 19.2 Å². The second-order valence-electron chi connectivity index (χ2n) is 9.17. The molecule has 3 aliphatic heterocycles. The maximum Gasteiger partial charge on any atom is 0.412 e. The summed E-state index contributed by atoms with van der Waals surface area (Å²) in [6.45, 7) is 5.25. The zero-order chi connectivity index (χ0) is 23.2. The Morgan fingerprint density at radius 2 is 2.06 bits per heavy atom. The normalized spacial score (nSPS) is 21.9. The summed E-state index contributed by atoms with van der Waals surface area (Å²) >= 11 is -1.14. The van der Waals surface area contributed by atoms with Crippen LogP contribution in [0.25, 0.3) is 0 Å². The largest absolute Gasteiger partial charge is 0.611 e. The molecule has 5 rings (SSSR count). The van der Waals surface area contributed by atoms with Gasteiger partial charge in [-0.15, -0.1) is 0 Å². The highest BCUT2D eigenvalue weighted by molar-refractivity contribution is 7.91. The van der Waals surface area contributed by atoms with Gasteiger partial charge in [0.1, 0.15) is 17.0 Å². The number of carbonyl (C=O) groups is 1. The van der Waals surface area contributed by atoms with Crippen LogP contribution >= 0.6 is 0 Å². The maximum absolute atomic E-state index is 12.6. The number of carbonyl (C=O) groups excluding carboxylic acids is 1. The van der Waals surface area contributed by atoms with Crippen molar-refractivity contribution in [2.75, 3.05) is 41.0 Å². The van der Waals surface area contributed by atoms with E-state index in [0.717, 1.165) is 16.9 Å². The van der Waals surface area contributed by atoms with Gasteiger partial charge >= 0.3 is 6.09 Å². The molecule has 1 amide bonds. The van der Waals surface area contributed by atoms with Gasteiger partial charge in [0.05, 0.1) is 18.3 Å². The number of amides is 1. The molecule has 0 radical (unpaired) electrons. The van der Waals surface area contributed by atoms with Gasteiger partial charge in [0.25, 0.3) is 0 Å². The Hall–Kier alpha value is -2.56. The smallest absolute Gasteiger partial charge is 0.412 e. The van der Waals surface area contributed by atoms with Crippen molar-refractivity contribution in [1.29, 1.82) is 0 Å². The molecule has 0 bridgehead atoms. The lowest BCUT2D eigenvalue weighted by molar-refractivity contribution is -0.00820. The first-order chi connectivity index (χ1) is 15.9. The number of fused-ring (bicyclic) bond motifs is 3. The topological polar surface area (TPSA) is 123 Å². The van der Waals surface area contributed by atoms with E-state index >= 15 is 0 Å². The van der Waals surface area contributed by atoms with E-state index in [1.165, 1.54) is 0 Å². The quantitative estimate of drug-likeness (QED) is 0.569. The first-order valence-corrected chi connectivity index (χ1v) is 12.7. The molecule has 1 spiro atoms. The van der Waals surface area contributed by atoms with E-state index in [9.17, 15) is 14.5 Å². The maximum atomic E-state index is 12.6. The van der Waals surface area contributed by atoms with E-state index in [0.29, 0.717) is 54.8 Å². The number of aliphatic hydroxyl groups is 1. The lowest BCUT2D eigenvalue weighted by atomic mass is 9.82. The number of para-hydroxylation sites is 1. The number of ether oxygens (including phenoxy) is 1. The number of aryl methyl sites for hydroxylation is 1. The molecule has 10 heteroatoms.